The molecule has 2 unspecified atom stereocenters. The fraction of sp³-hybridized carbons (Fsp3) is 0.667. The first kappa shape index (κ1) is 15.5. The van der Waals surface area contributed by atoms with E-state index in [1.165, 1.54) is 36.8 Å². The molecule has 0 saturated carbocycles. The molecule has 1 aromatic carbocycles. The van der Waals surface area contributed by atoms with Gasteiger partial charge in [0.1, 0.15) is 0 Å². The molecule has 0 radical (unpaired) electrons. The largest absolute Gasteiger partial charge is 0.392 e. The van der Waals surface area contributed by atoms with Gasteiger partial charge in [0, 0.05) is 12.6 Å². The Kier molecular flexibility index (Phi) is 5.22. The number of hydrogen-bond acceptors (Lipinski definition) is 2. The minimum atomic E-state index is -0.259. The van der Waals surface area contributed by atoms with Crippen LogP contribution in [0.5, 0.6) is 0 Å². The van der Waals surface area contributed by atoms with Crippen molar-refractivity contribution in [2.24, 2.45) is 5.41 Å². The summed E-state index contributed by atoms with van der Waals surface area (Å²) in [5.41, 5.74) is 3.10. The number of aliphatic hydroxyl groups is 1. The Morgan fingerprint density at radius 1 is 1.25 bits per heavy atom. The van der Waals surface area contributed by atoms with E-state index in [0.29, 0.717) is 12.6 Å². The molecule has 2 N–H and O–H groups in total. The van der Waals surface area contributed by atoms with Crippen molar-refractivity contribution in [1.29, 1.82) is 0 Å². The van der Waals surface area contributed by atoms with E-state index < -0.39 is 0 Å². The number of hydrogen-bond donors (Lipinski definition) is 2. The highest BCUT2D eigenvalue weighted by Crippen LogP contribution is 2.28. The first-order chi connectivity index (χ1) is 9.46. The zero-order valence-electron chi connectivity index (χ0n) is 13.2. The van der Waals surface area contributed by atoms with Gasteiger partial charge in [0.25, 0.3) is 0 Å². The maximum absolute atomic E-state index is 10.2. The summed E-state index contributed by atoms with van der Waals surface area (Å²) in [6.45, 7) is 7.22. The molecule has 20 heavy (non-hydrogen) atoms. The predicted molar refractivity (Wildman–Crippen MR) is 84.8 cm³/mol. The monoisotopic (exact) mass is 275 g/mol. The van der Waals surface area contributed by atoms with E-state index in [-0.39, 0.29) is 11.5 Å². The minimum absolute atomic E-state index is 0.183. The molecular weight excluding hydrogens is 246 g/mol. The van der Waals surface area contributed by atoms with E-state index in [2.05, 4.69) is 50.4 Å². The normalized spacial score (nSPS) is 21.1. The third-order valence-corrected chi connectivity index (χ3v) is 4.07. The molecule has 2 nitrogen and oxygen atoms in total. The van der Waals surface area contributed by atoms with Crippen molar-refractivity contribution < 1.29 is 5.11 Å². The second-order valence-corrected chi connectivity index (χ2v) is 7.32. The standard InChI is InChI=1S/C18H29NO/c1-18(2,3)12-15(20)13-19-17-11-7-5-9-14-8-4-6-10-16(14)17/h4,6,8,10,15,17,19-20H,5,7,9,11-13H2,1-3H3. The lowest BCUT2D eigenvalue weighted by Gasteiger charge is -2.25. The lowest BCUT2D eigenvalue weighted by atomic mass is 9.89. The number of rotatable bonds is 4. The highest BCUT2D eigenvalue weighted by Gasteiger charge is 2.21. The Labute approximate surface area is 123 Å². The molecule has 0 saturated heterocycles. The Hall–Kier alpha value is -0.860. The van der Waals surface area contributed by atoms with Gasteiger partial charge in [-0.2, -0.15) is 0 Å². The summed E-state index contributed by atoms with van der Waals surface area (Å²) in [5, 5.41) is 13.8. The topological polar surface area (TPSA) is 32.3 Å². The van der Waals surface area contributed by atoms with Crippen LogP contribution >= 0.6 is 0 Å². The average Bonchev–Trinajstić information content (AvgIpc) is 2.56. The average molecular weight is 275 g/mol. The van der Waals surface area contributed by atoms with Gasteiger partial charge in [0.15, 0.2) is 0 Å². The van der Waals surface area contributed by atoms with Crippen LogP contribution in [-0.4, -0.2) is 17.8 Å². The van der Waals surface area contributed by atoms with E-state index in [1.54, 1.807) is 0 Å². The third kappa shape index (κ3) is 4.60. The predicted octanol–water partition coefficient (Wildman–Crippen LogP) is 3.84. The van der Waals surface area contributed by atoms with Gasteiger partial charge in [0.2, 0.25) is 0 Å². The zero-order chi connectivity index (χ0) is 14.6. The maximum Gasteiger partial charge on any atom is 0.0669 e. The van der Waals surface area contributed by atoms with Gasteiger partial charge in [0.05, 0.1) is 6.10 Å². The minimum Gasteiger partial charge on any atom is -0.392 e. The SMILES string of the molecule is CC(C)(C)CC(O)CNC1CCCCc2ccccc21. The lowest BCUT2D eigenvalue weighted by Crippen LogP contribution is -2.33. The molecule has 1 aromatic rings. The molecule has 0 spiro atoms. The van der Waals surface area contributed by atoms with E-state index in [1.807, 2.05) is 0 Å². The van der Waals surface area contributed by atoms with E-state index in [0.717, 1.165) is 6.42 Å². The Morgan fingerprint density at radius 2 is 2.00 bits per heavy atom. The molecule has 2 heteroatoms. The van der Waals surface area contributed by atoms with Gasteiger partial charge in [-0.3, -0.25) is 0 Å². The summed E-state index contributed by atoms with van der Waals surface area (Å²) in [4.78, 5) is 0. The van der Waals surface area contributed by atoms with Crippen LogP contribution in [0.15, 0.2) is 24.3 Å². The van der Waals surface area contributed by atoms with Crippen molar-refractivity contribution in [2.75, 3.05) is 6.54 Å². The van der Waals surface area contributed by atoms with Crippen LogP contribution < -0.4 is 5.32 Å². The number of aryl methyl sites for hydroxylation is 1. The summed E-state index contributed by atoms with van der Waals surface area (Å²) in [6, 6.07) is 9.17. The van der Waals surface area contributed by atoms with Gasteiger partial charge >= 0.3 is 0 Å². The van der Waals surface area contributed by atoms with Crippen molar-refractivity contribution in [3.05, 3.63) is 35.4 Å². The summed E-state index contributed by atoms with van der Waals surface area (Å²) in [5.74, 6) is 0. The first-order valence-corrected chi connectivity index (χ1v) is 7.95. The summed E-state index contributed by atoms with van der Waals surface area (Å²) in [7, 11) is 0. The third-order valence-electron chi connectivity index (χ3n) is 4.07. The van der Waals surface area contributed by atoms with Crippen LogP contribution in [0.3, 0.4) is 0 Å². The molecule has 1 aliphatic rings. The van der Waals surface area contributed by atoms with E-state index in [4.69, 9.17) is 0 Å². The molecule has 112 valence electrons. The molecule has 0 bridgehead atoms. The van der Waals surface area contributed by atoms with Gasteiger partial charge in [-0.25, -0.2) is 0 Å². The highest BCUT2D eigenvalue weighted by molar-refractivity contribution is 5.31. The molecule has 0 heterocycles. The molecule has 0 aromatic heterocycles. The quantitative estimate of drug-likeness (QED) is 0.818. The second-order valence-electron chi connectivity index (χ2n) is 7.32. The molecule has 1 aliphatic carbocycles. The molecular formula is C18H29NO. The van der Waals surface area contributed by atoms with Crippen LogP contribution in [0.25, 0.3) is 0 Å². The van der Waals surface area contributed by atoms with Crippen molar-refractivity contribution in [1.82, 2.24) is 5.32 Å². The van der Waals surface area contributed by atoms with Crippen molar-refractivity contribution in [3.8, 4) is 0 Å². The van der Waals surface area contributed by atoms with E-state index >= 15 is 0 Å². The summed E-state index contributed by atoms with van der Waals surface area (Å²) >= 11 is 0. The van der Waals surface area contributed by atoms with Crippen LogP contribution in [0, 0.1) is 5.41 Å². The molecule has 0 aliphatic heterocycles. The molecule has 0 fully saturated rings. The summed E-state index contributed by atoms with van der Waals surface area (Å²) < 4.78 is 0. The van der Waals surface area contributed by atoms with Crippen LogP contribution in [0.1, 0.15) is 63.6 Å². The lowest BCUT2D eigenvalue weighted by molar-refractivity contribution is 0.116. The summed E-state index contributed by atoms with van der Waals surface area (Å²) in [6.07, 6.45) is 5.50. The maximum atomic E-state index is 10.2. The van der Waals surface area contributed by atoms with Gasteiger partial charge in [-0.05, 0) is 42.2 Å². The number of benzene rings is 1. The smallest absolute Gasteiger partial charge is 0.0669 e. The van der Waals surface area contributed by atoms with Crippen LogP contribution in [0.2, 0.25) is 0 Å². The molecule has 2 rings (SSSR count). The molecule has 2 atom stereocenters. The first-order valence-electron chi connectivity index (χ1n) is 7.95. The number of nitrogens with one attached hydrogen (secondary N) is 1. The number of aliphatic hydroxyl groups excluding tert-OH is 1. The Balaban J connectivity index is 1.96. The fourth-order valence-electron chi connectivity index (χ4n) is 3.19. The van der Waals surface area contributed by atoms with Gasteiger partial charge < -0.3 is 10.4 Å². The zero-order valence-corrected chi connectivity index (χ0v) is 13.2. The molecule has 0 amide bonds. The van der Waals surface area contributed by atoms with Crippen molar-refractivity contribution in [3.63, 3.8) is 0 Å². The van der Waals surface area contributed by atoms with Gasteiger partial charge in [-0.15, -0.1) is 0 Å². The van der Waals surface area contributed by atoms with Gasteiger partial charge in [-0.1, -0.05) is 51.5 Å². The van der Waals surface area contributed by atoms with Crippen molar-refractivity contribution in [2.45, 2.75) is 65.0 Å². The van der Waals surface area contributed by atoms with Crippen LogP contribution in [-0.2, 0) is 6.42 Å². The second kappa shape index (κ2) is 6.73. The highest BCUT2D eigenvalue weighted by atomic mass is 16.3. The van der Waals surface area contributed by atoms with Crippen molar-refractivity contribution >= 4 is 0 Å². The van der Waals surface area contributed by atoms with E-state index in [9.17, 15) is 5.11 Å². The number of fused-ring (bicyclic) bond motifs is 1. The Bertz CT molecular complexity index is 422. The fourth-order valence-corrected chi connectivity index (χ4v) is 3.19. The Morgan fingerprint density at radius 3 is 2.75 bits per heavy atom. The van der Waals surface area contributed by atoms with Crippen LogP contribution in [0.4, 0.5) is 0 Å².